The van der Waals surface area contributed by atoms with Crippen LogP contribution in [0.1, 0.15) is 10.4 Å². The van der Waals surface area contributed by atoms with Gasteiger partial charge >= 0.3 is 0 Å². The van der Waals surface area contributed by atoms with Crippen molar-refractivity contribution in [3.05, 3.63) is 34.7 Å². The highest BCUT2D eigenvalue weighted by molar-refractivity contribution is 7.05. The van der Waals surface area contributed by atoms with Gasteiger partial charge in [-0.1, -0.05) is 28.8 Å². The highest BCUT2D eigenvalue weighted by Crippen LogP contribution is 2.26. The van der Waals surface area contributed by atoms with Gasteiger partial charge < -0.3 is 5.32 Å². The van der Waals surface area contributed by atoms with Crippen LogP contribution in [0.3, 0.4) is 0 Å². The zero-order chi connectivity index (χ0) is 10.7. The zero-order valence-electron chi connectivity index (χ0n) is 8.82. The molecule has 0 aliphatic heterocycles. The van der Waals surface area contributed by atoms with E-state index in [1.54, 1.807) is 0 Å². The van der Waals surface area contributed by atoms with Crippen molar-refractivity contribution in [1.82, 2.24) is 14.9 Å². The van der Waals surface area contributed by atoms with Crippen molar-refractivity contribution in [2.24, 2.45) is 0 Å². The molecule has 15 heavy (non-hydrogen) atoms. The Morgan fingerprint density at radius 3 is 2.87 bits per heavy atom. The van der Waals surface area contributed by atoms with E-state index < -0.39 is 0 Å². The second-order valence-corrected chi connectivity index (χ2v) is 4.23. The Labute approximate surface area is 93.3 Å². The Morgan fingerprint density at radius 1 is 1.33 bits per heavy atom. The maximum Gasteiger partial charge on any atom is 0.110 e. The number of hydrogen-bond acceptors (Lipinski definition) is 4. The van der Waals surface area contributed by atoms with Gasteiger partial charge in [-0.05, 0) is 31.1 Å². The largest absolute Gasteiger partial charge is 0.315 e. The number of nitrogens with one attached hydrogen (secondary N) is 1. The molecule has 0 amide bonds. The molecule has 0 aliphatic rings. The lowest BCUT2D eigenvalue weighted by molar-refractivity contribution is 0.830. The normalized spacial score (nSPS) is 10.5. The lowest BCUT2D eigenvalue weighted by atomic mass is 10.1. The van der Waals surface area contributed by atoms with Gasteiger partial charge in [0.1, 0.15) is 5.69 Å². The van der Waals surface area contributed by atoms with E-state index >= 15 is 0 Å². The SMILES string of the molecule is CNCc1snnc1-c1ccccc1C. The van der Waals surface area contributed by atoms with Crippen LogP contribution in [0.2, 0.25) is 0 Å². The monoisotopic (exact) mass is 219 g/mol. The number of aryl methyl sites for hydroxylation is 1. The van der Waals surface area contributed by atoms with Gasteiger partial charge in [-0.2, -0.15) is 0 Å². The first-order chi connectivity index (χ1) is 7.33. The average molecular weight is 219 g/mol. The van der Waals surface area contributed by atoms with Crippen LogP contribution in [-0.2, 0) is 6.54 Å². The molecule has 0 saturated carbocycles. The minimum atomic E-state index is 0.821. The Kier molecular flexibility index (Phi) is 3.08. The summed E-state index contributed by atoms with van der Waals surface area (Å²) in [6.07, 6.45) is 0. The van der Waals surface area contributed by atoms with Gasteiger partial charge in [0.05, 0.1) is 4.88 Å². The molecule has 1 heterocycles. The fraction of sp³-hybridized carbons (Fsp3) is 0.273. The van der Waals surface area contributed by atoms with E-state index in [9.17, 15) is 0 Å². The summed E-state index contributed by atoms with van der Waals surface area (Å²) in [6, 6.07) is 8.25. The molecular weight excluding hydrogens is 206 g/mol. The van der Waals surface area contributed by atoms with Crippen LogP contribution >= 0.6 is 11.5 Å². The fourth-order valence-corrected chi connectivity index (χ4v) is 2.20. The minimum Gasteiger partial charge on any atom is -0.315 e. The summed E-state index contributed by atoms with van der Waals surface area (Å²) in [4.78, 5) is 1.19. The van der Waals surface area contributed by atoms with Crippen LogP contribution in [0.4, 0.5) is 0 Å². The molecule has 0 fully saturated rings. The number of nitrogens with zero attached hydrogens (tertiary/aromatic N) is 2. The van der Waals surface area contributed by atoms with Crippen molar-refractivity contribution in [3.8, 4) is 11.3 Å². The lowest BCUT2D eigenvalue weighted by Gasteiger charge is -2.03. The quantitative estimate of drug-likeness (QED) is 0.860. The summed E-state index contributed by atoms with van der Waals surface area (Å²) in [7, 11) is 1.93. The van der Waals surface area contributed by atoms with Gasteiger partial charge in [0.15, 0.2) is 0 Å². The van der Waals surface area contributed by atoms with E-state index in [2.05, 4.69) is 34.0 Å². The van der Waals surface area contributed by atoms with Crippen molar-refractivity contribution in [1.29, 1.82) is 0 Å². The van der Waals surface area contributed by atoms with E-state index in [-0.39, 0.29) is 0 Å². The zero-order valence-corrected chi connectivity index (χ0v) is 9.64. The molecule has 1 aromatic heterocycles. The van der Waals surface area contributed by atoms with Crippen LogP contribution in [0.25, 0.3) is 11.3 Å². The van der Waals surface area contributed by atoms with Crippen molar-refractivity contribution < 1.29 is 0 Å². The van der Waals surface area contributed by atoms with Gasteiger partial charge in [0, 0.05) is 12.1 Å². The third-order valence-electron chi connectivity index (χ3n) is 2.29. The summed E-state index contributed by atoms with van der Waals surface area (Å²) < 4.78 is 4.01. The summed E-state index contributed by atoms with van der Waals surface area (Å²) in [5.74, 6) is 0. The molecule has 3 nitrogen and oxygen atoms in total. The number of aromatic nitrogens is 2. The molecule has 0 atom stereocenters. The second kappa shape index (κ2) is 4.51. The molecule has 0 radical (unpaired) electrons. The lowest BCUT2D eigenvalue weighted by Crippen LogP contribution is -2.04. The molecule has 2 aromatic rings. The van der Waals surface area contributed by atoms with Crippen LogP contribution in [0.15, 0.2) is 24.3 Å². The minimum absolute atomic E-state index is 0.821. The number of benzene rings is 1. The molecule has 78 valence electrons. The van der Waals surface area contributed by atoms with Gasteiger partial charge in [-0.3, -0.25) is 0 Å². The molecule has 0 unspecified atom stereocenters. The fourth-order valence-electron chi connectivity index (χ4n) is 1.53. The first-order valence-electron chi connectivity index (χ1n) is 4.84. The maximum absolute atomic E-state index is 4.19. The van der Waals surface area contributed by atoms with Crippen LogP contribution in [0.5, 0.6) is 0 Å². The predicted molar refractivity (Wildman–Crippen MR) is 62.8 cm³/mol. The topological polar surface area (TPSA) is 37.8 Å². The standard InChI is InChI=1S/C11H13N3S/c1-8-5-3-4-6-9(8)11-10(7-12-2)15-14-13-11/h3-6,12H,7H2,1-2H3. The van der Waals surface area contributed by atoms with Crippen LogP contribution < -0.4 is 5.32 Å². The smallest absolute Gasteiger partial charge is 0.110 e. The first kappa shape index (κ1) is 10.3. The molecule has 4 heteroatoms. The van der Waals surface area contributed by atoms with E-state index in [1.807, 2.05) is 19.2 Å². The van der Waals surface area contributed by atoms with Crippen molar-refractivity contribution in [3.63, 3.8) is 0 Å². The third-order valence-corrected chi connectivity index (χ3v) is 3.01. The molecule has 2 rings (SSSR count). The van der Waals surface area contributed by atoms with Gasteiger partial charge in [0.25, 0.3) is 0 Å². The molecule has 1 aromatic carbocycles. The summed E-state index contributed by atoms with van der Waals surface area (Å²) in [6.45, 7) is 2.92. The molecule has 0 spiro atoms. The van der Waals surface area contributed by atoms with Crippen molar-refractivity contribution in [2.45, 2.75) is 13.5 Å². The summed E-state index contributed by atoms with van der Waals surface area (Å²) >= 11 is 1.45. The van der Waals surface area contributed by atoms with Crippen LogP contribution in [-0.4, -0.2) is 16.6 Å². The Morgan fingerprint density at radius 2 is 2.13 bits per heavy atom. The second-order valence-electron chi connectivity index (χ2n) is 3.39. The van der Waals surface area contributed by atoms with E-state index in [1.165, 1.54) is 27.5 Å². The van der Waals surface area contributed by atoms with E-state index in [0.717, 1.165) is 12.2 Å². The molecule has 0 saturated heterocycles. The average Bonchev–Trinajstić information content (AvgIpc) is 2.67. The predicted octanol–water partition coefficient (Wildman–Crippen LogP) is 2.23. The van der Waals surface area contributed by atoms with Gasteiger partial charge in [0.2, 0.25) is 0 Å². The Hall–Kier alpha value is -1.26. The highest BCUT2D eigenvalue weighted by Gasteiger charge is 2.10. The maximum atomic E-state index is 4.19. The first-order valence-corrected chi connectivity index (χ1v) is 5.62. The van der Waals surface area contributed by atoms with Crippen molar-refractivity contribution >= 4 is 11.5 Å². The number of hydrogen-bond donors (Lipinski definition) is 1. The molecule has 0 aliphatic carbocycles. The Balaban J connectivity index is 2.45. The summed E-state index contributed by atoms with van der Waals surface area (Å²) in [5, 5.41) is 7.32. The van der Waals surface area contributed by atoms with Crippen LogP contribution in [0, 0.1) is 6.92 Å². The van der Waals surface area contributed by atoms with E-state index in [0.29, 0.717) is 0 Å². The van der Waals surface area contributed by atoms with Gasteiger partial charge in [-0.25, -0.2) is 0 Å². The number of rotatable bonds is 3. The summed E-state index contributed by atoms with van der Waals surface area (Å²) in [5.41, 5.74) is 3.42. The third kappa shape index (κ3) is 2.06. The van der Waals surface area contributed by atoms with E-state index in [4.69, 9.17) is 0 Å². The Bertz CT molecular complexity index is 451. The molecule has 0 bridgehead atoms. The molecular formula is C11H13N3S. The highest BCUT2D eigenvalue weighted by atomic mass is 32.1. The molecule has 1 N–H and O–H groups in total. The van der Waals surface area contributed by atoms with Gasteiger partial charge in [-0.15, -0.1) is 5.10 Å². The van der Waals surface area contributed by atoms with Crippen molar-refractivity contribution in [2.75, 3.05) is 7.05 Å².